The number of furan rings is 2. The van der Waals surface area contributed by atoms with Crippen LogP contribution < -0.4 is 10.6 Å². The second-order valence-corrected chi connectivity index (χ2v) is 13.1. The number of phenolic OH excluding ortho intramolecular Hbond substituents is 2. The van der Waals surface area contributed by atoms with Gasteiger partial charge < -0.3 is 29.7 Å². The molecule has 4 aromatic rings. The van der Waals surface area contributed by atoms with Crippen LogP contribution in [-0.4, -0.2) is 123 Å². The molecular weight excluding hydrogens is 703 g/mol. The van der Waals surface area contributed by atoms with Crippen LogP contribution in [0.15, 0.2) is 89.9 Å². The first-order valence-electron chi connectivity index (χ1n) is 17.4. The maximum atomic E-state index is 11.0. The molecule has 1 aliphatic rings. The quantitative estimate of drug-likeness (QED) is 0.163. The molecule has 4 N–H and O–H groups in total. The number of nitrogens with one attached hydrogen (secondary N) is 2. The van der Waals surface area contributed by atoms with E-state index >= 15 is 0 Å². The molecule has 0 unspecified atom stereocenters. The second kappa shape index (κ2) is 21.3. The minimum Gasteiger partial charge on any atom is -0.507 e. The summed E-state index contributed by atoms with van der Waals surface area (Å²) in [5, 5.41) is 29.9. The molecule has 0 spiro atoms. The van der Waals surface area contributed by atoms with Crippen molar-refractivity contribution in [3.63, 3.8) is 0 Å². The fourth-order valence-corrected chi connectivity index (χ4v) is 5.99. The highest BCUT2D eigenvalue weighted by atomic mass is 35.5. The van der Waals surface area contributed by atoms with Gasteiger partial charge in [-0.15, -0.1) is 0 Å². The summed E-state index contributed by atoms with van der Waals surface area (Å²) in [6, 6.07) is 14.4. The maximum Gasteiger partial charge on any atom is 0.133 e. The summed E-state index contributed by atoms with van der Waals surface area (Å²) in [4.78, 5) is 23.0. The van der Waals surface area contributed by atoms with Crippen LogP contribution in [-0.2, 0) is 13.1 Å². The van der Waals surface area contributed by atoms with Gasteiger partial charge in [-0.25, -0.2) is 0 Å². The van der Waals surface area contributed by atoms with Gasteiger partial charge in [-0.1, -0.05) is 23.2 Å². The number of aliphatic imine (C=N–C) groups is 4. The number of phenols is 2. The third kappa shape index (κ3) is 13.0. The van der Waals surface area contributed by atoms with Crippen LogP contribution in [0.1, 0.15) is 33.8 Å². The first kappa shape index (κ1) is 38.9. The van der Waals surface area contributed by atoms with E-state index in [1.807, 2.05) is 24.3 Å². The lowest BCUT2D eigenvalue weighted by atomic mass is 10.1. The third-order valence-electron chi connectivity index (χ3n) is 8.34. The first-order valence-corrected chi connectivity index (χ1v) is 18.2. The lowest BCUT2D eigenvalue weighted by Gasteiger charge is -2.21. The monoisotopic (exact) mass is 748 g/mol. The van der Waals surface area contributed by atoms with Crippen LogP contribution in [0.4, 0.5) is 0 Å². The van der Waals surface area contributed by atoms with Gasteiger partial charge >= 0.3 is 0 Å². The largest absolute Gasteiger partial charge is 0.507 e. The summed E-state index contributed by atoms with van der Waals surface area (Å²) in [5.74, 6) is 1.92. The van der Waals surface area contributed by atoms with Gasteiger partial charge in [0.1, 0.15) is 23.0 Å². The minimum absolute atomic E-state index is 0.0829. The third-order valence-corrected chi connectivity index (χ3v) is 8.77. The molecule has 5 rings (SSSR count). The average Bonchev–Trinajstić information content (AvgIpc) is 3.86. The van der Waals surface area contributed by atoms with Crippen molar-refractivity contribution >= 4 is 48.1 Å². The summed E-state index contributed by atoms with van der Waals surface area (Å²) in [5.41, 5.74) is 2.12. The van der Waals surface area contributed by atoms with E-state index in [1.165, 1.54) is 0 Å². The minimum atomic E-state index is 0.0829. The molecule has 0 saturated heterocycles. The van der Waals surface area contributed by atoms with Crippen molar-refractivity contribution < 1.29 is 19.0 Å². The van der Waals surface area contributed by atoms with Gasteiger partial charge in [0.15, 0.2) is 0 Å². The van der Waals surface area contributed by atoms with Gasteiger partial charge in [0.25, 0.3) is 0 Å². The van der Waals surface area contributed by atoms with Gasteiger partial charge in [0.05, 0.1) is 51.8 Å². The van der Waals surface area contributed by atoms with Crippen molar-refractivity contribution in [3.8, 4) is 11.5 Å². The molecule has 0 aliphatic carbocycles. The van der Waals surface area contributed by atoms with E-state index in [1.54, 1.807) is 61.7 Å². The molecule has 0 radical (unpaired) electrons. The number of benzene rings is 2. The van der Waals surface area contributed by atoms with E-state index in [-0.39, 0.29) is 11.5 Å². The molecule has 2 aromatic heterocycles. The Hall–Kier alpha value is -4.30. The lowest BCUT2D eigenvalue weighted by Crippen LogP contribution is -2.35. The summed E-state index contributed by atoms with van der Waals surface area (Å²) in [7, 11) is 0. The number of hydrogen-bond donors (Lipinski definition) is 4. The Kier molecular flexibility index (Phi) is 15.9. The topological polar surface area (TPSA) is 147 Å². The van der Waals surface area contributed by atoms with Crippen molar-refractivity contribution in [1.82, 2.24) is 20.4 Å². The Morgan fingerprint density at radius 1 is 0.577 bits per heavy atom. The van der Waals surface area contributed by atoms with Gasteiger partial charge in [-0.3, -0.25) is 29.8 Å². The first-order chi connectivity index (χ1) is 25.4. The van der Waals surface area contributed by atoms with Gasteiger partial charge in [-0.05, 0) is 48.5 Å². The van der Waals surface area contributed by atoms with Gasteiger partial charge in [-0.2, -0.15) is 0 Å². The van der Waals surface area contributed by atoms with Crippen LogP contribution in [0.25, 0.3) is 0 Å². The Morgan fingerprint density at radius 2 is 0.923 bits per heavy atom. The molecule has 52 heavy (non-hydrogen) atoms. The Morgan fingerprint density at radius 3 is 1.23 bits per heavy atom. The summed E-state index contributed by atoms with van der Waals surface area (Å²) >= 11 is 12.9. The number of fused-ring (bicyclic) bond motifs is 4. The highest BCUT2D eigenvalue weighted by Crippen LogP contribution is 2.26. The van der Waals surface area contributed by atoms with E-state index in [0.29, 0.717) is 97.7 Å². The molecule has 1 aliphatic heterocycles. The molecule has 276 valence electrons. The average molecular weight is 750 g/mol. The van der Waals surface area contributed by atoms with E-state index < -0.39 is 0 Å². The molecule has 2 aromatic carbocycles. The van der Waals surface area contributed by atoms with E-state index in [2.05, 4.69) is 40.4 Å². The summed E-state index contributed by atoms with van der Waals surface area (Å²) in [6.07, 6.45) is 9.94. The van der Waals surface area contributed by atoms with Crippen LogP contribution in [0.5, 0.6) is 11.5 Å². The lowest BCUT2D eigenvalue weighted by molar-refractivity contribution is 0.287. The zero-order valence-corrected chi connectivity index (χ0v) is 30.6. The van der Waals surface area contributed by atoms with Crippen LogP contribution in [0.3, 0.4) is 0 Å². The number of halogens is 2. The molecule has 0 saturated carbocycles. The Balaban J connectivity index is 1.29. The maximum absolute atomic E-state index is 11.0. The number of aromatic hydroxyl groups is 2. The van der Waals surface area contributed by atoms with E-state index in [0.717, 1.165) is 37.7 Å². The van der Waals surface area contributed by atoms with Crippen LogP contribution in [0.2, 0.25) is 10.0 Å². The van der Waals surface area contributed by atoms with E-state index in [4.69, 9.17) is 32.0 Å². The number of hydrogen-bond acceptors (Lipinski definition) is 12. The fourth-order valence-electron chi connectivity index (χ4n) is 5.52. The molecular formula is C38H46Cl2N8O4. The predicted octanol–water partition coefficient (Wildman–Crippen LogP) is 5.16. The molecule has 0 fully saturated rings. The zero-order valence-electron chi connectivity index (χ0n) is 29.1. The summed E-state index contributed by atoms with van der Waals surface area (Å²) in [6.45, 7) is 8.96. The SMILES string of the molecule is Oc1c2cc(Cl)cc1C=NCCN(CCNCc1ccco1)CCN=Cc1cc(Cl)cc(c1O)C=NCCN(CCNCc1ccco1)CCN=C2. The van der Waals surface area contributed by atoms with Crippen molar-refractivity contribution in [2.24, 2.45) is 20.0 Å². The second-order valence-electron chi connectivity index (χ2n) is 12.2. The number of nitrogens with zero attached hydrogens (tertiary/aromatic N) is 6. The molecule has 12 nitrogen and oxygen atoms in total. The van der Waals surface area contributed by atoms with Crippen molar-refractivity contribution in [2.45, 2.75) is 13.1 Å². The van der Waals surface area contributed by atoms with Crippen molar-refractivity contribution in [2.75, 3.05) is 78.5 Å². The highest BCUT2D eigenvalue weighted by molar-refractivity contribution is 6.31. The Labute approximate surface area is 314 Å². The zero-order chi connectivity index (χ0) is 36.4. The fraction of sp³-hybridized carbons (Fsp3) is 0.368. The molecule has 14 heteroatoms. The normalized spacial score (nSPS) is 15.6. The van der Waals surface area contributed by atoms with Gasteiger partial charge in [0.2, 0.25) is 0 Å². The molecule has 0 amide bonds. The van der Waals surface area contributed by atoms with Crippen LogP contribution >= 0.6 is 23.2 Å². The Bertz CT molecular complexity index is 1570. The number of rotatable bonds is 10. The van der Waals surface area contributed by atoms with Crippen molar-refractivity contribution in [3.05, 3.63) is 105 Å². The standard InChI is InChI=1S/C38H46Cl2N8O4/c39-33-19-29-23-41-5-11-47(15-9-45-27-35-3-1-17-51-35)12-6-42-24-30-20-34(40)22-32(38(30)50)26-44-8-14-48(13-7-43-25-31(21-33)37(29)49)16-10-46-28-36-4-2-18-52-36/h1-4,17-26,45-46,49-50H,5-16,27-28H2. The molecule has 3 heterocycles. The van der Waals surface area contributed by atoms with Crippen LogP contribution in [0, 0.1) is 0 Å². The highest BCUT2D eigenvalue weighted by Gasteiger charge is 2.11. The summed E-state index contributed by atoms with van der Waals surface area (Å²) < 4.78 is 10.8. The molecule has 0 atom stereocenters. The van der Waals surface area contributed by atoms with Gasteiger partial charge in [0, 0.05) is 110 Å². The predicted molar refractivity (Wildman–Crippen MR) is 210 cm³/mol. The molecule has 4 bridgehead atoms. The smallest absolute Gasteiger partial charge is 0.133 e. The van der Waals surface area contributed by atoms with Crippen molar-refractivity contribution in [1.29, 1.82) is 0 Å². The van der Waals surface area contributed by atoms with E-state index in [9.17, 15) is 10.2 Å².